The van der Waals surface area contributed by atoms with Crippen LogP contribution in [0.5, 0.6) is 5.88 Å². The number of benzene rings is 1. The quantitative estimate of drug-likeness (QED) is 0.549. The molecule has 0 fully saturated rings. The lowest BCUT2D eigenvalue weighted by molar-refractivity contribution is -0.139. The normalized spacial score (nSPS) is 11.4. The molecule has 0 radical (unpaired) electrons. The summed E-state index contributed by atoms with van der Waals surface area (Å²) in [5.74, 6) is -0.258. The Morgan fingerprint density at radius 3 is 2.40 bits per heavy atom. The molecule has 0 bridgehead atoms. The maximum atomic E-state index is 13.2. The van der Waals surface area contributed by atoms with Gasteiger partial charge in [0, 0.05) is 22.9 Å². The van der Waals surface area contributed by atoms with E-state index in [4.69, 9.17) is 4.74 Å². The second-order valence-electron chi connectivity index (χ2n) is 5.31. The van der Waals surface area contributed by atoms with E-state index in [9.17, 15) is 13.2 Å². The van der Waals surface area contributed by atoms with Crippen LogP contribution in [0.2, 0.25) is 0 Å². The molecule has 0 saturated heterocycles. The SMILES string of the molecule is CCCCOc1nc(N(CC)c2ccc(Br)cc2)ncc1C(F)(F)F. The van der Waals surface area contributed by atoms with E-state index in [1.165, 1.54) is 0 Å². The van der Waals surface area contributed by atoms with Crippen LogP contribution in [0.15, 0.2) is 34.9 Å². The van der Waals surface area contributed by atoms with Gasteiger partial charge in [-0.05, 0) is 37.6 Å². The van der Waals surface area contributed by atoms with Gasteiger partial charge >= 0.3 is 6.18 Å². The molecule has 136 valence electrons. The first-order valence-corrected chi connectivity index (χ1v) is 8.76. The predicted molar refractivity (Wildman–Crippen MR) is 94.3 cm³/mol. The summed E-state index contributed by atoms with van der Waals surface area (Å²) in [6, 6.07) is 7.37. The van der Waals surface area contributed by atoms with Gasteiger partial charge in [-0.1, -0.05) is 29.3 Å². The van der Waals surface area contributed by atoms with E-state index in [2.05, 4.69) is 25.9 Å². The number of anilines is 2. The molecule has 0 amide bonds. The van der Waals surface area contributed by atoms with Gasteiger partial charge < -0.3 is 9.64 Å². The number of unbranched alkanes of at least 4 members (excludes halogenated alkanes) is 1. The summed E-state index contributed by atoms with van der Waals surface area (Å²) in [5, 5.41) is 0. The summed E-state index contributed by atoms with van der Waals surface area (Å²) in [5.41, 5.74) is -0.177. The predicted octanol–water partition coefficient (Wildman–Crippen LogP) is 5.59. The van der Waals surface area contributed by atoms with Gasteiger partial charge in [0.15, 0.2) is 0 Å². The molecule has 1 heterocycles. The van der Waals surface area contributed by atoms with Crippen LogP contribution in [0.25, 0.3) is 0 Å². The molecule has 0 unspecified atom stereocenters. The molecule has 0 aliphatic rings. The van der Waals surface area contributed by atoms with E-state index in [0.29, 0.717) is 13.0 Å². The molecule has 2 rings (SSSR count). The van der Waals surface area contributed by atoms with Crippen molar-refractivity contribution in [1.29, 1.82) is 0 Å². The highest BCUT2D eigenvalue weighted by atomic mass is 79.9. The van der Waals surface area contributed by atoms with Crippen molar-refractivity contribution in [1.82, 2.24) is 9.97 Å². The maximum Gasteiger partial charge on any atom is 0.423 e. The van der Waals surface area contributed by atoms with Crippen molar-refractivity contribution >= 4 is 27.6 Å². The van der Waals surface area contributed by atoms with E-state index < -0.39 is 17.6 Å². The molecular weight excluding hydrogens is 399 g/mol. The summed E-state index contributed by atoms with van der Waals surface area (Å²) in [6.07, 6.45) is -2.31. The molecule has 1 aromatic carbocycles. The van der Waals surface area contributed by atoms with Gasteiger partial charge in [0.2, 0.25) is 11.8 Å². The molecule has 0 atom stereocenters. The Bertz CT molecular complexity index is 693. The summed E-state index contributed by atoms with van der Waals surface area (Å²) in [7, 11) is 0. The minimum atomic E-state index is -4.56. The molecule has 4 nitrogen and oxygen atoms in total. The Balaban J connectivity index is 2.39. The zero-order valence-corrected chi connectivity index (χ0v) is 15.6. The highest BCUT2D eigenvalue weighted by Crippen LogP contribution is 2.36. The molecule has 0 saturated carbocycles. The van der Waals surface area contributed by atoms with Gasteiger partial charge in [0.25, 0.3) is 0 Å². The lowest BCUT2D eigenvalue weighted by atomic mass is 10.3. The smallest absolute Gasteiger partial charge is 0.423 e. The van der Waals surface area contributed by atoms with Gasteiger partial charge in [-0.2, -0.15) is 18.2 Å². The standard InChI is InChI=1S/C17H19BrF3N3O/c1-3-5-10-25-15-14(17(19,20)21)11-22-16(23-15)24(4-2)13-8-6-12(18)7-9-13/h6-9,11H,3-5,10H2,1-2H3. The first-order chi connectivity index (χ1) is 11.9. The second kappa shape index (κ2) is 8.51. The van der Waals surface area contributed by atoms with Crippen LogP contribution in [0, 0.1) is 0 Å². The summed E-state index contributed by atoms with van der Waals surface area (Å²) < 4.78 is 45.7. The average molecular weight is 418 g/mol. The minimum absolute atomic E-state index is 0.171. The molecule has 8 heteroatoms. The third-order valence-electron chi connectivity index (χ3n) is 3.48. The Hall–Kier alpha value is -1.83. The van der Waals surface area contributed by atoms with Gasteiger partial charge in [-0.3, -0.25) is 0 Å². The van der Waals surface area contributed by atoms with Crippen LogP contribution in [-0.4, -0.2) is 23.1 Å². The zero-order valence-electron chi connectivity index (χ0n) is 14.0. The van der Waals surface area contributed by atoms with Crippen LogP contribution in [0.1, 0.15) is 32.3 Å². The highest BCUT2D eigenvalue weighted by molar-refractivity contribution is 9.10. The third kappa shape index (κ3) is 5.07. The maximum absolute atomic E-state index is 13.2. The highest BCUT2D eigenvalue weighted by Gasteiger charge is 2.36. The van der Waals surface area contributed by atoms with Crippen LogP contribution < -0.4 is 9.64 Å². The van der Waals surface area contributed by atoms with Crippen LogP contribution >= 0.6 is 15.9 Å². The van der Waals surface area contributed by atoms with Gasteiger partial charge in [0.05, 0.1) is 6.61 Å². The Morgan fingerprint density at radius 1 is 1.16 bits per heavy atom. The van der Waals surface area contributed by atoms with Crippen molar-refractivity contribution in [2.75, 3.05) is 18.1 Å². The zero-order chi connectivity index (χ0) is 18.4. The van der Waals surface area contributed by atoms with E-state index in [1.54, 1.807) is 4.90 Å². The van der Waals surface area contributed by atoms with Crippen molar-refractivity contribution in [3.63, 3.8) is 0 Å². The summed E-state index contributed by atoms with van der Waals surface area (Å²) in [6.45, 7) is 4.49. The third-order valence-corrected chi connectivity index (χ3v) is 4.01. The Kier molecular flexibility index (Phi) is 6.64. The largest absolute Gasteiger partial charge is 0.477 e. The molecule has 2 aromatic rings. The first kappa shape index (κ1) is 19.5. The fourth-order valence-corrected chi connectivity index (χ4v) is 2.43. The molecule has 0 aliphatic carbocycles. The molecule has 0 N–H and O–H groups in total. The molecule has 1 aromatic heterocycles. The van der Waals surface area contributed by atoms with Gasteiger partial charge in [-0.15, -0.1) is 0 Å². The summed E-state index contributed by atoms with van der Waals surface area (Å²) >= 11 is 3.36. The number of aromatic nitrogens is 2. The number of rotatable bonds is 7. The monoisotopic (exact) mass is 417 g/mol. The molecule has 0 spiro atoms. The van der Waals surface area contributed by atoms with Crippen molar-refractivity contribution < 1.29 is 17.9 Å². The lowest BCUT2D eigenvalue weighted by Gasteiger charge is -2.22. The van der Waals surface area contributed by atoms with Crippen molar-refractivity contribution in [2.45, 2.75) is 32.9 Å². The van der Waals surface area contributed by atoms with E-state index in [-0.39, 0.29) is 12.6 Å². The van der Waals surface area contributed by atoms with Crippen molar-refractivity contribution in [3.05, 3.63) is 40.5 Å². The first-order valence-electron chi connectivity index (χ1n) is 7.97. The van der Waals surface area contributed by atoms with Crippen LogP contribution in [0.4, 0.5) is 24.8 Å². The fourth-order valence-electron chi connectivity index (χ4n) is 2.17. The molecular formula is C17H19BrF3N3O. The number of ether oxygens (including phenoxy) is 1. The lowest BCUT2D eigenvalue weighted by Crippen LogP contribution is -2.21. The van der Waals surface area contributed by atoms with Crippen LogP contribution in [-0.2, 0) is 6.18 Å². The van der Waals surface area contributed by atoms with E-state index in [0.717, 1.165) is 22.8 Å². The van der Waals surface area contributed by atoms with Gasteiger partial charge in [-0.25, -0.2) is 4.98 Å². The number of hydrogen-bond acceptors (Lipinski definition) is 4. The topological polar surface area (TPSA) is 38.2 Å². The Morgan fingerprint density at radius 2 is 1.84 bits per heavy atom. The second-order valence-corrected chi connectivity index (χ2v) is 6.22. The van der Waals surface area contributed by atoms with Crippen molar-refractivity contribution in [3.8, 4) is 5.88 Å². The van der Waals surface area contributed by atoms with Crippen molar-refractivity contribution in [2.24, 2.45) is 0 Å². The van der Waals surface area contributed by atoms with Crippen LogP contribution in [0.3, 0.4) is 0 Å². The fraction of sp³-hybridized carbons (Fsp3) is 0.412. The Labute approximate surface area is 153 Å². The molecule has 0 aliphatic heterocycles. The molecule has 25 heavy (non-hydrogen) atoms. The minimum Gasteiger partial charge on any atom is -0.477 e. The number of nitrogens with zero attached hydrogens (tertiary/aromatic N) is 3. The van der Waals surface area contributed by atoms with Gasteiger partial charge in [0.1, 0.15) is 5.56 Å². The number of halogens is 4. The van der Waals surface area contributed by atoms with E-state index in [1.807, 2.05) is 38.1 Å². The summed E-state index contributed by atoms with van der Waals surface area (Å²) in [4.78, 5) is 9.67. The number of alkyl halides is 3. The number of hydrogen-bond donors (Lipinski definition) is 0. The average Bonchev–Trinajstić information content (AvgIpc) is 2.57. The van der Waals surface area contributed by atoms with E-state index >= 15 is 0 Å².